The second kappa shape index (κ2) is 9.21. The Morgan fingerprint density at radius 1 is 1.52 bits per heavy atom. The standard InChI is InChI=1S/C17H15N9O4S3/c1-25-17(22-23-24-25)33-5-7-4-31-14-10(13(28)26(14)11(7)15(29)30)21-12(27)8(2-3-18)9-6-32-16(19)20-9/h2,6,10,14H,4-5H2,1H3,(H2,19,20)(H,21,27)(H,29,30)/t10?,14-/m1/s1. The number of β-lactam (4-membered cyclic amide) rings is 1. The molecule has 1 unspecified atom stereocenters. The lowest BCUT2D eigenvalue weighted by molar-refractivity contribution is -0.150. The molecule has 2 aliphatic rings. The third kappa shape index (κ3) is 4.29. The smallest absolute Gasteiger partial charge is 0.352 e. The highest BCUT2D eigenvalue weighted by molar-refractivity contribution is 8.01. The van der Waals surface area contributed by atoms with Crippen LogP contribution in [0.2, 0.25) is 0 Å². The Kier molecular flexibility index (Phi) is 6.35. The fraction of sp³-hybridized carbons (Fsp3) is 0.294. The van der Waals surface area contributed by atoms with Gasteiger partial charge in [-0.2, -0.15) is 5.26 Å². The summed E-state index contributed by atoms with van der Waals surface area (Å²) in [5.74, 6) is -1.80. The molecule has 4 N–H and O–H groups in total. The molecule has 0 aromatic carbocycles. The summed E-state index contributed by atoms with van der Waals surface area (Å²) in [7, 11) is 1.67. The zero-order valence-electron chi connectivity index (χ0n) is 16.8. The maximum Gasteiger partial charge on any atom is 0.352 e. The monoisotopic (exact) mass is 505 g/mol. The number of aliphatic carboxylic acids is 1. The fourth-order valence-electron chi connectivity index (χ4n) is 3.24. The summed E-state index contributed by atoms with van der Waals surface area (Å²) in [6, 6.07) is 0.850. The van der Waals surface area contributed by atoms with Crippen molar-refractivity contribution >= 4 is 63.3 Å². The SMILES string of the molecule is Cn1nnnc1SCC1=C(C(=O)O)N2C(=O)C(NC(=O)C(=CC#N)c3csc(N)n3)[C@H]2SC1. The van der Waals surface area contributed by atoms with Crippen LogP contribution >= 0.6 is 34.9 Å². The zero-order valence-corrected chi connectivity index (χ0v) is 19.3. The first kappa shape index (κ1) is 22.8. The van der Waals surface area contributed by atoms with Gasteiger partial charge in [0.15, 0.2) is 5.13 Å². The average molecular weight is 506 g/mol. The van der Waals surface area contributed by atoms with Gasteiger partial charge in [-0.3, -0.25) is 14.5 Å². The number of hydrogen-bond donors (Lipinski definition) is 3. The van der Waals surface area contributed by atoms with Crippen molar-refractivity contribution in [2.24, 2.45) is 7.05 Å². The number of nitrogens with zero attached hydrogens (tertiary/aromatic N) is 7. The second-order valence-electron chi connectivity index (χ2n) is 6.75. The van der Waals surface area contributed by atoms with Crippen LogP contribution in [-0.4, -0.2) is 75.9 Å². The van der Waals surface area contributed by atoms with E-state index in [1.54, 1.807) is 13.1 Å². The molecule has 1 fully saturated rings. The first-order valence-electron chi connectivity index (χ1n) is 9.19. The zero-order chi connectivity index (χ0) is 23.7. The largest absolute Gasteiger partial charge is 0.477 e. The van der Waals surface area contributed by atoms with Gasteiger partial charge in [-0.25, -0.2) is 14.5 Å². The molecule has 4 heterocycles. The highest BCUT2D eigenvalue weighted by Gasteiger charge is 2.54. The van der Waals surface area contributed by atoms with Gasteiger partial charge in [-0.1, -0.05) is 11.8 Å². The highest BCUT2D eigenvalue weighted by Crippen LogP contribution is 2.41. The molecule has 0 aliphatic carbocycles. The number of nitrogens with one attached hydrogen (secondary N) is 1. The summed E-state index contributed by atoms with van der Waals surface area (Å²) >= 11 is 3.71. The van der Waals surface area contributed by atoms with Crippen LogP contribution in [0.5, 0.6) is 0 Å². The average Bonchev–Trinajstić information content (AvgIpc) is 3.40. The summed E-state index contributed by atoms with van der Waals surface area (Å²) in [4.78, 5) is 42.8. The minimum atomic E-state index is -1.23. The Labute approximate surface area is 198 Å². The summed E-state index contributed by atoms with van der Waals surface area (Å²) in [5, 5.41) is 34.2. The number of fused-ring (bicyclic) bond motifs is 1. The quantitative estimate of drug-likeness (QED) is 0.192. The predicted octanol–water partition coefficient (Wildman–Crippen LogP) is -0.313. The van der Waals surface area contributed by atoms with Crippen molar-refractivity contribution in [3.05, 3.63) is 28.4 Å². The molecule has 1 saturated heterocycles. The van der Waals surface area contributed by atoms with Crippen LogP contribution in [0.3, 0.4) is 0 Å². The van der Waals surface area contributed by atoms with Gasteiger partial charge < -0.3 is 16.2 Å². The number of amides is 2. The number of thioether (sulfide) groups is 2. The Morgan fingerprint density at radius 2 is 2.30 bits per heavy atom. The van der Waals surface area contributed by atoms with Gasteiger partial charge in [0.05, 0.1) is 17.3 Å². The van der Waals surface area contributed by atoms with E-state index in [-0.39, 0.29) is 27.8 Å². The van der Waals surface area contributed by atoms with Crippen molar-refractivity contribution < 1.29 is 19.5 Å². The maximum absolute atomic E-state index is 12.8. The van der Waals surface area contributed by atoms with E-state index < -0.39 is 29.2 Å². The van der Waals surface area contributed by atoms with E-state index in [4.69, 9.17) is 11.0 Å². The number of nitriles is 1. The molecule has 2 atom stereocenters. The number of nitrogens with two attached hydrogens (primary N) is 1. The van der Waals surface area contributed by atoms with Crippen LogP contribution in [0, 0.1) is 11.3 Å². The van der Waals surface area contributed by atoms with E-state index >= 15 is 0 Å². The summed E-state index contributed by atoms with van der Waals surface area (Å²) in [6.45, 7) is 0. The van der Waals surface area contributed by atoms with Crippen LogP contribution in [0.25, 0.3) is 5.57 Å². The van der Waals surface area contributed by atoms with E-state index in [9.17, 15) is 19.5 Å². The number of anilines is 1. The fourth-order valence-corrected chi connectivity index (χ4v) is 6.14. The van der Waals surface area contributed by atoms with E-state index in [2.05, 4.69) is 25.8 Å². The number of thiazole rings is 1. The van der Waals surface area contributed by atoms with E-state index in [1.165, 1.54) is 38.5 Å². The third-order valence-corrected chi connectivity index (χ3v) is 7.85. The van der Waals surface area contributed by atoms with Crippen LogP contribution in [-0.2, 0) is 21.4 Å². The molecule has 2 aromatic heterocycles. The van der Waals surface area contributed by atoms with Gasteiger partial charge in [0.25, 0.3) is 11.8 Å². The molecule has 2 aromatic rings. The molecule has 0 radical (unpaired) electrons. The normalized spacial score (nSPS) is 20.2. The van der Waals surface area contributed by atoms with Gasteiger partial charge in [0.1, 0.15) is 17.1 Å². The molecule has 13 nitrogen and oxygen atoms in total. The van der Waals surface area contributed by atoms with E-state index in [1.807, 2.05) is 0 Å². The summed E-state index contributed by atoms with van der Waals surface area (Å²) in [6.07, 6.45) is 1.03. The molecule has 170 valence electrons. The van der Waals surface area contributed by atoms with Gasteiger partial charge in [0.2, 0.25) is 5.16 Å². The molecular formula is C17H15N9O4S3. The molecular weight excluding hydrogens is 490 g/mol. The van der Waals surface area contributed by atoms with Gasteiger partial charge in [-0.05, 0) is 16.0 Å². The van der Waals surface area contributed by atoms with Crippen LogP contribution < -0.4 is 11.1 Å². The number of carbonyl (C=O) groups is 3. The number of carbonyl (C=O) groups excluding carboxylic acids is 2. The molecule has 2 aliphatic heterocycles. The predicted molar refractivity (Wildman–Crippen MR) is 119 cm³/mol. The van der Waals surface area contributed by atoms with Gasteiger partial charge in [0, 0.05) is 30.0 Å². The lowest BCUT2D eigenvalue weighted by atomic mass is 10.0. The van der Waals surface area contributed by atoms with Crippen molar-refractivity contribution in [3.63, 3.8) is 0 Å². The lowest BCUT2D eigenvalue weighted by Crippen LogP contribution is -2.70. The number of nitrogen functional groups attached to an aromatic ring is 1. The maximum atomic E-state index is 12.8. The first-order valence-corrected chi connectivity index (χ1v) is 12.1. The third-order valence-electron chi connectivity index (χ3n) is 4.74. The van der Waals surface area contributed by atoms with E-state index in [0.29, 0.717) is 16.5 Å². The Hall–Kier alpha value is -3.42. The number of tetrazole rings is 1. The lowest BCUT2D eigenvalue weighted by Gasteiger charge is -2.49. The number of aromatic nitrogens is 5. The van der Waals surface area contributed by atoms with Crippen LogP contribution in [0.1, 0.15) is 5.69 Å². The van der Waals surface area contributed by atoms with Crippen molar-refractivity contribution in [1.29, 1.82) is 5.26 Å². The second-order valence-corrected chi connectivity index (χ2v) is 9.69. The molecule has 0 spiro atoms. The number of allylic oxidation sites excluding steroid dienone is 1. The Bertz CT molecular complexity index is 1240. The first-order chi connectivity index (χ1) is 15.8. The summed E-state index contributed by atoms with van der Waals surface area (Å²) < 4.78 is 1.47. The number of aryl methyl sites for hydroxylation is 1. The molecule has 16 heteroatoms. The number of carboxylic acids is 1. The Morgan fingerprint density at radius 3 is 2.91 bits per heavy atom. The van der Waals surface area contributed by atoms with Crippen LogP contribution in [0.15, 0.2) is 27.9 Å². The Balaban J connectivity index is 1.50. The molecule has 33 heavy (non-hydrogen) atoms. The highest BCUT2D eigenvalue weighted by atomic mass is 32.2. The molecule has 2 amide bonds. The van der Waals surface area contributed by atoms with Crippen molar-refractivity contribution in [1.82, 2.24) is 35.4 Å². The topological polar surface area (TPSA) is 193 Å². The number of hydrogen-bond acceptors (Lipinski definition) is 12. The minimum absolute atomic E-state index is 0.0270. The minimum Gasteiger partial charge on any atom is -0.477 e. The molecule has 0 bridgehead atoms. The number of rotatable bonds is 7. The van der Waals surface area contributed by atoms with Gasteiger partial charge in [-0.15, -0.1) is 28.2 Å². The van der Waals surface area contributed by atoms with Crippen LogP contribution in [0.4, 0.5) is 5.13 Å². The van der Waals surface area contributed by atoms with Gasteiger partial charge >= 0.3 is 5.97 Å². The van der Waals surface area contributed by atoms with Crippen molar-refractivity contribution in [2.75, 3.05) is 17.2 Å². The molecule has 0 saturated carbocycles. The van der Waals surface area contributed by atoms with E-state index in [0.717, 1.165) is 17.4 Å². The van der Waals surface area contributed by atoms with Crippen molar-refractivity contribution in [2.45, 2.75) is 16.6 Å². The van der Waals surface area contributed by atoms with Crippen molar-refractivity contribution in [3.8, 4) is 6.07 Å². The summed E-state index contributed by atoms with van der Waals surface area (Å²) in [5.41, 5.74) is 6.26. The molecule has 4 rings (SSSR count). The number of carboxylic acid groups (broad SMARTS) is 1.